The molecule has 3 aliphatic rings. The van der Waals surface area contributed by atoms with Crippen molar-refractivity contribution < 1.29 is 9.53 Å². The van der Waals surface area contributed by atoms with Crippen LogP contribution in [0.4, 0.5) is 10.6 Å². The summed E-state index contributed by atoms with van der Waals surface area (Å²) in [4.78, 5) is 19.3. The molecule has 0 radical (unpaired) electrons. The van der Waals surface area contributed by atoms with Gasteiger partial charge in [-0.1, -0.05) is 37.3 Å². The van der Waals surface area contributed by atoms with Crippen molar-refractivity contribution in [3.8, 4) is 0 Å². The van der Waals surface area contributed by atoms with Gasteiger partial charge >= 0.3 is 6.09 Å². The lowest BCUT2D eigenvalue weighted by Crippen LogP contribution is -2.64. The van der Waals surface area contributed by atoms with Gasteiger partial charge in [-0.05, 0) is 68.5 Å². The molecule has 8 heteroatoms. The molecule has 1 amide bonds. The number of anilines is 1. The van der Waals surface area contributed by atoms with Crippen LogP contribution in [0, 0.1) is 5.41 Å². The summed E-state index contributed by atoms with van der Waals surface area (Å²) in [7, 11) is 0. The molecule has 1 aromatic carbocycles. The van der Waals surface area contributed by atoms with E-state index in [1.54, 1.807) is 0 Å². The average molecular weight is 559 g/mol. The second-order valence-corrected chi connectivity index (χ2v) is 13.2. The molecule has 0 N–H and O–H groups in total. The molecule has 1 saturated carbocycles. The molecule has 0 bridgehead atoms. The van der Waals surface area contributed by atoms with E-state index < -0.39 is 5.60 Å². The van der Waals surface area contributed by atoms with Gasteiger partial charge in [-0.3, -0.25) is 9.58 Å². The Morgan fingerprint density at radius 1 is 1.14 bits per heavy atom. The third-order valence-corrected chi connectivity index (χ3v) is 8.77. The number of rotatable bonds is 5. The van der Waals surface area contributed by atoms with Crippen molar-refractivity contribution >= 4 is 27.8 Å². The van der Waals surface area contributed by atoms with Crippen LogP contribution in [-0.2, 0) is 11.3 Å². The van der Waals surface area contributed by atoms with Crippen molar-refractivity contribution in [3.63, 3.8) is 0 Å². The van der Waals surface area contributed by atoms with Gasteiger partial charge in [-0.15, -0.1) is 0 Å². The number of carbonyl (C=O) groups is 1. The minimum absolute atomic E-state index is 0.0253. The Kier molecular flexibility index (Phi) is 6.65. The molecule has 1 atom stereocenters. The largest absolute Gasteiger partial charge is 0.444 e. The lowest BCUT2D eigenvalue weighted by molar-refractivity contribution is -0.0927. The van der Waals surface area contributed by atoms with Crippen molar-refractivity contribution in [1.29, 1.82) is 0 Å². The number of benzene rings is 1. The van der Waals surface area contributed by atoms with Crippen LogP contribution in [0.3, 0.4) is 0 Å². The molecule has 0 unspecified atom stereocenters. The van der Waals surface area contributed by atoms with Crippen molar-refractivity contribution in [2.75, 3.05) is 37.6 Å². The van der Waals surface area contributed by atoms with Crippen LogP contribution >= 0.6 is 15.9 Å². The van der Waals surface area contributed by atoms with Gasteiger partial charge in [0.25, 0.3) is 0 Å². The summed E-state index contributed by atoms with van der Waals surface area (Å²) < 4.78 is 8.76. The molecule has 5 rings (SSSR count). The second kappa shape index (κ2) is 9.35. The summed E-state index contributed by atoms with van der Waals surface area (Å²) in [6, 6.07) is 11.2. The molecule has 2 saturated heterocycles. The topological polar surface area (TPSA) is 53.8 Å². The molecule has 7 nitrogen and oxygen atoms in total. The Bertz CT molecular complexity index is 1080. The van der Waals surface area contributed by atoms with Gasteiger partial charge in [0.2, 0.25) is 0 Å². The lowest BCUT2D eigenvalue weighted by Gasteiger charge is -2.58. The molecule has 3 heterocycles. The maximum Gasteiger partial charge on any atom is 0.410 e. The fraction of sp³-hybridized carbons (Fsp3) is 0.643. The monoisotopic (exact) mass is 557 g/mol. The number of aromatic nitrogens is 2. The molecular weight excluding hydrogens is 518 g/mol. The highest BCUT2D eigenvalue weighted by molar-refractivity contribution is 9.10. The van der Waals surface area contributed by atoms with E-state index in [-0.39, 0.29) is 17.0 Å². The van der Waals surface area contributed by atoms with Gasteiger partial charge in [0.15, 0.2) is 5.82 Å². The predicted octanol–water partition coefficient (Wildman–Crippen LogP) is 5.71. The van der Waals surface area contributed by atoms with Gasteiger partial charge < -0.3 is 14.5 Å². The van der Waals surface area contributed by atoms with Gasteiger partial charge in [-0.25, -0.2) is 4.79 Å². The van der Waals surface area contributed by atoms with E-state index in [9.17, 15) is 4.79 Å². The highest BCUT2D eigenvalue weighted by Crippen LogP contribution is 2.54. The number of amides is 1. The van der Waals surface area contributed by atoms with E-state index in [2.05, 4.69) is 80.8 Å². The van der Waals surface area contributed by atoms with Gasteiger partial charge in [0.1, 0.15) is 5.60 Å². The zero-order valence-corrected chi connectivity index (χ0v) is 23.9. The first-order valence-electron chi connectivity index (χ1n) is 13.3. The molecule has 2 aromatic rings. The normalized spacial score (nSPS) is 24.5. The molecule has 1 spiro atoms. The average Bonchev–Trinajstić information content (AvgIpc) is 3.12. The molecule has 1 aromatic heterocycles. The van der Waals surface area contributed by atoms with E-state index in [0.717, 1.165) is 68.8 Å². The van der Waals surface area contributed by atoms with Gasteiger partial charge in [-0.2, -0.15) is 5.10 Å². The number of piperazine rings is 1. The van der Waals surface area contributed by atoms with Crippen molar-refractivity contribution in [2.45, 2.75) is 77.6 Å². The van der Waals surface area contributed by atoms with E-state index >= 15 is 0 Å². The number of likely N-dealkylation sites (tertiary alicyclic amines) is 1. The summed E-state index contributed by atoms with van der Waals surface area (Å²) in [6.45, 7) is 16.0. The zero-order valence-electron chi connectivity index (χ0n) is 22.3. The minimum Gasteiger partial charge on any atom is -0.444 e. The van der Waals surface area contributed by atoms with Gasteiger partial charge in [0.05, 0.1) is 16.1 Å². The number of hydrogen-bond acceptors (Lipinski definition) is 5. The maximum atomic E-state index is 12.3. The smallest absolute Gasteiger partial charge is 0.410 e. The Hall–Kier alpha value is -2.06. The summed E-state index contributed by atoms with van der Waals surface area (Å²) in [5.74, 6) is 1.06. The summed E-state index contributed by atoms with van der Waals surface area (Å²) in [5.41, 5.74) is 1.19. The van der Waals surface area contributed by atoms with Crippen LogP contribution in [0.25, 0.3) is 0 Å². The minimum atomic E-state index is -0.445. The Labute approximate surface area is 223 Å². The highest BCUT2D eigenvalue weighted by Gasteiger charge is 2.55. The maximum absolute atomic E-state index is 12.3. The number of nitrogens with zero attached hydrogens (tertiary/aromatic N) is 5. The summed E-state index contributed by atoms with van der Waals surface area (Å²) in [6.07, 6.45) is 5.16. The molecule has 1 aliphatic carbocycles. The first kappa shape index (κ1) is 25.6. The number of ether oxygens (including phenoxy) is 1. The fourth-order valence-corrected chi connectivity index (χ4v) is 6.64. The van der Waals surface area contributed by atoms with Crippen molar-refractivity contribution in [2.24, 2.45) is 5.41 Å². The number of halogens is 1. The van der Waals surface area contributed by atoms with Crippen LogP contribution < -0.4 is 4.90 Å². The van der Waals surface area contributed by atoms with Crippen molar-refractivity contribution in [3.05, 3.63) is 46.6 Å². The summed E-state index contributed by atoms with van der Waals surface area (Å²) in [5, 5.41) is 5.11. The second-order valence-electron chi connectivity index (χ2n) is 12.4. The molecule has 3 fully saturated rings. The first-order valence-corrected chi connectivity index (χ1v) is 14.1. The lowest BCUT2D eigenvalue weighted by atomic mass is 9.61. The number of hydrogen-bond donors (Lipinski definition) is 0. The van der Waals surface area contributed by atoms with Crippen molar-refractivity contribution in [1.82, 2.24) is 19.6 Å². The fourth-order valence-electron chi connectivity index (χ4n) is 6.13. The molecule has 196 valence electrons. The zero-order chi connectivity index (χ0) is 25.7. The van der Waals surface area contributed by atoms with Crippen LogP contribution in [-0.4, -0.2) is 69.5 Å². The van der Waals surface area contributed by atoms with E-state index in [4.69, 9.17) is 9.84 Å². The first-order chi connectivity index (χ1) is 17.0. The standard InChI is InChI=1S/C28H40BrN5O2/c1-6-27(5)18-31(16-21-10-8-7-9-11-21)12-13-33(27)24-23(29)17-34(30-24)22-14-28(15-22)19-32(20-28)25(35)36-26(2,3)4/h7-11,17,22H,6,12-16,18-20H2,1-5H3/t27-/m0/s1. The quantitative estimate of drug-likeness (QED) is 0.471. The summed E-state index contributed by atoms with van der Waals surface area (Å²) >= 11 is 3.83. The third kappa shape index (κ3) is 5.03. The predicted molar refractivity (Wildman–Crippen MR) is 146 cm³/mol. The molecule has 36 heavy (non-hydrogen) atoms. The van der Waals surface area contributed by atoms with Gasteiger partial charge in [0, 0.05) is 50.9 Å². The Balaban J connectivity index is 1.20. The number of carbonyl (C=O) groups excluding carboxylic acids is 1. The third-order valence-electron chi connectivity index (χ3n) is 8.21. The SMILES string of the molecule is CC[C@@]1(C)CN(Cc2ccccc2)CCN1c1nn(C2CC3(C2)CN(C(=O)OC(C)(C)C)C3)cc1Br. The molecular formula is C28H40BrN5O2. The van der Waals surface area contributed by atoms with E-state index in [1.165, 1.54) is 5.56 Å². The van der Waals surface area contributed by atoms with E-state index in [0.29, 0.717) is 6.04 Å². The van der Waals surface area contributed by atoms with Crippen LogP contribution in [0.5, 0.6) is 0 Å². The molecule has 2 aliphatic heterocycles. The van der Waals surface area contributed by atoms with Crippen LogP contribution in [0.1, 0.15) is 65.5 Å². The Morgan fingerprint density at radius 3 is 2.47 bits per heavy atom. The van der Waals surface area contributed by atoms with Crippen LogP contribution in [0.2, 0.25) is 0 Å². The van der Waals surface area contributed by atoms with Crippen LogP contribution in [0.15, 0.2) is 41.0 Å². The Morgan fingerprint density at radius 2 is 1.83 bits per heavy atom. The van der Waals surface area contributed by atoms with E-state index in [1.807, 2.05) is 25.7 Å². The highest BCUT2D eigenvalue weighted by atomic mass is 79.9.